The van der Waals surface area contributed by atoms with Crippen LogP contribution in [0, 0.1) is 0 Å². The van der Waals surface area contributed by atoms with Crippen LogP contribution in [0.1, 0.15) is 54.1 Å². The summed E-state index contributed by atoms with van der Waals surface area (Å²) in [4.78, 5) is 39.8. The first kappa shape index (κ1) is 27.3. The normalized spacial score (nSPS) is 20.7. The molecule has 8 rings (SSSR count). The second-order valence-electron chi connectivity index (χ2n) is 11.8. The van der Waals surface area contributed by atoms with E-state index in [1.165, 1.54) is 0 Å². The van der Waals surface area contributed by atoms with Crippen LogP contribution in [0.25, 0.3) is 33.8 Å². The summed E-state index contributed by atoms with van der Waals surface area (Å²) in [5.41, 5.74) is 13.3. The Balaban J connectivity index is 1.01. The van der Waals surface area contributed by atoms with Crippen molar-refractivity contribution in [1.82, 2.24) is 30.5 Å². The summed E-state index contributed by atoms with van der Waals surface area (Å²) in [5.74, 6) is 2.00. The number of benzene rings is 3. The fraction of sp³-hybridized carbons (Fsp3) is 0.265. The third-order valence-corrected chi connectivity index (χ3v) is 9.09. The van der Waals surface area contributed by atoms with Gasteiger partial charge in [0.2, 0.25) is 0 Å². The molecule has 5 heterocycles. The summed E-state index contributed by atoms with van der Waals surface area (Å²) in [5, 5.41) is 11.0. The monoisotopic (exact) mass is 600 g/mol. The molecule has 2 aromatic heterocycles. The molecule has 226 valence electrons. The average molecular weight is 601 g/mol. The summed E-state index contributed by atoms with van der Waals surface area (Å²) >= 11 is 0. The highest BCUT2D eigenvalue weighted by Gasteiger charge is 2.43. The number of aromatic amines is 2. The van der Waals surface area contributed by atoms with Gasteiger partial charge in [0.15, 0.2) is 11.9 Å². The molecule has 0 saturated carbocycles. The number of anilines is 1. The Morgan fingerprint density at radius 2 is 1.64 bits per heavy atom. The molecule has 0 spiro atoms. The average Bonchev–Trinajstić information content (AvgIpc) is 3.87. The van der Waals surface area contributed by atoms with Crippen molar-refractivity contribution in [2.45, 2.75) is 50.3 Å². The number of nitrogens with two attached hydrogens (primary N) is 1. The molecule has 11 nitrogen and oxygen atoms in total. The molecule has 0 radical (unpaired) electrons. The van der Waals surface area contributed by atoms with E-state index in [2.05, 4.69) is 56.9 Å². The first-order valence-corrected chi connectivity index (χ1v) is 15.3. The van der Waals surface area contributed by atoms with Crippen molar-refractivity contribution in [3.63, 3.8) is 0 Å². The van der Waals surface area contributed by atoms with E-state index < -0.39 is 12.2 Å². The van der Waals surface area contributed by atoms with Crippen LogP contribution >= 0.6 is 0 Å². The van der Waals surface area contributed by atoms with Crippen LogP contribution in [0.2, 0.25) is 0 Å². The van der Waals surface area contributed by atoms with Gasteiger partial charge in [-0.3, -0.25) is 14.8 Å². The lowest BCUT2D eigenvalue weighted by Gasteiger charge is -2.26. The number of H-pyrrole nitrogens is 2. The van der Waals surface area contributed by atoms with E-state index in [1.807, 2.05) is 30.3 Å². The number of carbonyl (C=O) groups is 2. The number of aromatic nitrogens is 5. The standard InChI is InChI=1S/C34H32N8O3/c35-34(44)45-28-15-14-22-3-1-4-24-17-27(42(29(22)24)33(28)43)32-37-18-26(38-32)21-10-6-19(7-11-21)20-8-12-23(13-9-20)30-39-31(41-40-30)25-5-2-16-36-25/h1,3-4,6-13,18,25,27-28,36H,2,5,14-17H2,(H2,35,44)(H,37,38)(H,39,40,41)/t25-,27-,28-/m0/s1. The Morgan fingerprint density at radius 3 is 2.38 bits per heavy atom. The van der Waals surface area contributed by atoms with E-state index in [9.17, 15) is 9.59 Å². The number of hydrogen-bond donors (Lipinski definition) is 4. The lowest BCUT2D eigenvalue weighted by molar-refractivity contribution is -0.127. The lowest BCUT2D eigenvalue weighted by Crippen LogP contribution is -2.42. The topological polar surface area (TPSA) is 155 Å². The molecule has 3 atom stereocenters. The second-order valence-corrected chi connectivity index (χ2v) is 11.8. The van der Waals surface area contributed by atoms with Crippen molar-refractivity contribution in [2.24, 2.45) is 5.73 Å². The summed E-state index contributed by atoms with van der Waals surface area (Å²) in [6.07, 6.45) is 3.78. The molecule has 0 aliphatic carbocycles. The Kier molecular flexibility index (Phi) is 6.67. The summed E-state index contributed by atoms with van der Waals surface area (Å²) in [7, 11) is 0. The number of imidazole rings is 1. The maximum atomic E-state index is 13.6. The minimum Gasteiger partial charge on any atom is -0.436 e. The fourth-order valence-electron chi connectivity index (χ4n) is 6.86. The van der Waals surface area contributed by atoms with Gasteiger partial charge in [0.05, 0.1) is 29.7 Å². The quantitative estimate of drug-likeness (QED) is 0.214. The number of para-hydroxylation sites is 1. The van der Waals surface area contributed by atoms with E-state index in [-0.39, 0.29) is 18.0 Å². The number of rotatable bonds is 6. The number of ether oxygens (including phenoxy) is 1. The molecule has 3 aliphatic heterocycles. The van der Waals surface area contributed by atoms with Crippen LogP contribution < -0.4 is 16.0 Å². The zero-order chi connectivity index (χ0) is 30.5. The van der Waals surface area contributed by atoms with Gasteiger partial charge in [-0.25, -0.2) is 14.8 Å². The zero-order valence-electron chi connectivity index (χ0n) is 24.5. The molecular formula is C34H32N8O3. The first-order valence-electron chi connectivity index (χ1n) is 15.3. The number of nitrogens with zero attached hydrogens (tertiary/aromatic N) is 4. The predicted octanol–water partition coefficient (Wildman–Crippen LogP) is 4.99. The zero-order valence-corrected chi connectivity index (χ0v) is 24.5. The minimum absolute atomic E-state index is 0.254. The van der Waals surface area contributed by atoms with Gasteiger partial charge in [-0.2, -0.15) is 5.10 Å². The maximum Gasteiger partial charge on any atom is 0.405 e. The second kappa shape index (κ2) is 11.0. The van der Waals surface area contributed by atoms with Crippen molar-refractivity contribution < 1.29 is 14.3 Å². The molecule has 3 aliphatic rings. The van der Waals surface area contributed by atoms with Gasteiger partial charge in [0.1, 0.15) is 11.6 Å². The molecule has 1 fully saturated rings. The largest absolute Gasteiger partial charge is 0.436 e. The number of aryl methyl sites for hydroxylation is 1. The Hall–Kier alpha value is -5.29. The lowest BCUT2D eigenvalue weighted by atomic mass is 10.0. The highest BCUT2D eigenvalue weighted by molar-refractivity contribution is 6.01. The van der Waals surface area contributed by atoms with Crippen LogP contribution in [-0.4, -0.2) is 49.8 Å². The Bertz CT molecular complexity index is 1890. The molecule has 0 bridgehead atoms. The number of hydrogen-bond acceptors (Lipinski definition) is 7. The van der Waals surface area contributed by atoms with Crippen LogP contribution in [0.5, 0.6) is 0 Å². The fourth-order valence-corrected chi connectivity index (χ4v) is 6.86. The van der Waals surface area contributed by atoms with Gasteiger partial charge in [-0.15, -0.1) is 0 Å². The van der Waals surface area contributed by atoms with Crippen LogP contribution in [0.3, 0.4) is 0 Å². The molecule has 5 N–H and O–H groups in total. The summed E-state index contributed by atoms with van der Waals surface area (Å²) in [6.45, 7) is 1.02. The van der Waals surface area contributed by atoms with Crippen molar-refractivity contribution in [2.75, 3.05) is 11.4 Å². The highest BCUT2D eigenvalue weighted by Crippen LogP contribution is 2.45. The van der Waals surface area contributed by atoms with Gasteiger partial charge >= 0.3 is 6.09 Å². The molecule has 45 heavy (non-hydrogen) atoms. The van der Waals surface area contributed by atoms with E-state index >= 15 is 0 Å². The van der Waals surface area contributed by atoms with Gasteiger partial charge in [0.25, 0.3) is 5.91 Å². The van der Waals surface area contributed by atoms with Gasteiger partial charge in [-0.05, 0) is 60.0 Å². The molecule has 0 unspecified atom stereocenters. The van der Waals surface area contributed by atoms with E-state index in [0.29, 0.717) is 30.9 Å². The number of amides is 2. The Morgan fingerprint density at radius 1 is 0.911 bits per heavy atom. The molecule has 5 aromatic rings. The van der Waals surface area contributed by atoms with E-state index in [1.54, 1.807) is 11.1 Å². The first-order chi connectivity index (χ1) is 22.0. The van der Waals surface area contributed by atoms with Gasteiger partial charge < -0.3 is 20.8 Å². The third-order valence-electron chi connectivity index (χ3n) is 9.09. The van der Waals surface area contributed by atoms with Crippen LogP contribution in [0.15, 0.2) is 72.9 Å². The SMILES string of the molecule is NC(=O)O[C@H]1CCc2cccc3c2N(C1=O)[C@H](c1ncc(-c2ccc(-c4ccc(-c5n[nH]c([C@@H]6CCCN6)n5)cc4)cc2)[nH]1)C3. The maximum absolute atomic E-state index is 13.6. The van der Waals surface area contributed by atoms with Crippen molar-refractivity contribution in [1.29, 1.82) is 0 Å². The number of primary amides is 1. The van der Waals surface area contributed by atoms with Crippen molar-refractivity contribution in [3.8, 4) is 33.8 Å². The van der Waals surface area contributed by atoms with Crippen molar-refractivity contribution >= 4 is 17.7 Å². The third kappa shape index (κ3) is 4.95. The Labute approximate surface area is 259 Å². The summed E-state index contributed by atoms with van der Waals surface area (Å²) in [6, 6.07) is 22.6. The van der Waals surface area contributed by atoms with E-state index in [0.717, 1.165) is 70.0 Å². The number of carbonyl (C=O) groups excluding carboxylic acids is 2. The van der Waals surface area contributed by atoms with Gasteiger partial charge in [0, 0.05) is 12.0 Å². The molecular weight excluding hydrogens is 568 g/mol. The molecule has 2 amide bonds. The molecule has 1 saturated heterocycles. The minimum atomic E-state index is -0.949. The summed E-state index contributed by atoms with van der Waals surface area (Å²) < 4.78 is 5.23. The molecule has 11 heteroatoms. The highest BCUT2D eigenvalue weighted by atomic mass is 16.6. The van der Waals surface area contributed by atoms with Gasteiger partial charge in [-0.1, -0.05) is 66.7 Å². The molecule has 3 aromatic carbocycles. The van der Waals surface area contributed by atoms with Crippen LogP contribution in [0.4, 0.5) is 10.5 Å². The predicted molar refractivity (Wildman–Crippen MR) is 168 cm³/mol. The van der Waals surface area contributed by atoms with E-state index in [4.69, 9.17) is 20.4 Å². The smallest absolute Gasteiger partial charge is 0.405 e. The van der Waals surface area contributed by atoms with Crippen LogP contribution in [-0.2, 0) is 22.4 Å². The van der Waals surface area contributed by atoms with Crippen molar-refractivity contribution in [3.05, 3.63) is 95.7 Å². The number of nitrogens with one attached hydrogen (secondary N) is 3.